The zero-order chi connectivity index (χ0) is 12.5. The van der Waals surface area contributed by atoms with Gasteiger partial charge in [-0.1, -0.05) is 39.5 Å². The summed E-state index contributed by atoms with van der Waals surface area (Å²) in [5, 5.41) is 3.23. The molecule has 1 saturated heterocycles. The first-order valence-electron chi connectivity index (χ1n) is 7.18. The number of hydrogen-bond acceptors (Lipinski definition) is 3. The third-order valence-electron chi connectivity index (χ3n) is 3.60. The summed E-state index contributed by atoms with van der Waals surface area (Å²) in [5.74, 6) is 0.502. The van der Waals surface area contributed by atoms with Gasteiger partial charge in [-0.15, -0.1) is 0 Å². The molecule has 1 heterocycles. The summed E-state index contributed by atoms with van der Waals surface area (Å²) < 4.78 is 5.43. The van der Waals surface area contributed by atoms with Gasteiger partial charge < -0.3 is 10.1 Å². The molecule has 1 aliphatic heterocycles. The highest BCUT2D eigenvalue weighted by molar-refractivity contribution is 5.75. The van der Waals surface area contributed by atoms with Crippen LogP contribution < -0.4 is 5.32 Å². The number of esters is 1. The van der Waals surface area contributed by atoms with Crippen LogP contribution in [0.15, 0.2) is 0 Å². The Kier molecular flexibility index (Phi) is 7.25. The van der Waals surface area contributed by atoms with E-state index < -0.39 is 0 Å². The second-order valence-electron chi connectivity index (χ2n) is 5.05. The first-order chi connectivity index (χ1) is 8.27. The highest BCUT2D eigenvalue weighted by Gasteiger charge is 2.22. The van der Waals surface area contributed by atoms with Crippen molar-refractivity contribution in [3.8, 4) is 0 Å². The average Bonchev–Trinajstić information content (AvgIpc) is 2.39. The second-order valence-corrected chi connectivity index (χ2v) is 5.05. The van der Waals surface area contributed by atoms with E-state index in [-0.39, 0.29) is 12.0 Å². The van der Waals surface area contributed by atoms with Crippen molar-refractivity contribution in [2.45, 2.75) is 64.8 Å². The summed E-state index contributed by atoms with van der Waals surface area (Å²) in [5.41, 5.74) is 0. The van der Waals surface area contributed by atoms with Gasteiger partial charge in [-0.25, -0.2) is 0 Å². The van der Waals surface area contributed by atoms with Crippen molar-refractivity contribution < 1.29 is 9.53 Å². The van der Waals surface area contributed by atoms with E-state index in [1.54, 1.807) is 0 Å². The second kappa shape index (κ2) is 8.51. The van der Waals surface area contributed by atoms with Gasteiger partial charge in [0.05, 0.1) is 6.61 Å². The molecule has 1 fully saturated rings. The van der Waals surface area contributed by atoms with Gasteiger partial charge in [0.1, 0.15) is 6.04 Å². The molecule has 1 unspecified atom stereocenters. The number of unbranched alkanes of at least 4 members (excludes halogenated alkanes) is 1. The van der Waals surface area contributed by atoms with Crippen LogP contribution in [0.2, 0.25) is 0 Å². The first kappa shape index (κ1) is 14.5. The molecule has 0 spiro atoms. The Morgan fingerprint density at radius 1 is 1.41 bits per heavy atom. The van der Waals surface area contributed by atoms with Gasteiger partial charge in [0.25, 0.3) is 0 Å². The predicted octanol–water partition coefficient (Wildman–Crippen LogP) is 2.89. The van der Waals surface area contributed by atoms with Gasteiger partial charge >= 0.3 is 5.97 Å². The molecule has 100 valence electrons. The lowest BCUT2D eigenvalue weighted by atomic mass is 10.0. The number of piperidine rings is 1. The molecule has 2 atom stereocenters. The molecule has 0 aromatic carbocycles. The molecular weight excluding hydrogens is 214 g/mol. The van der Waals surface area contributed by atoms with Gasteiger partial charge in [-0.2, -0.15) is 0 Å². The van der Waals surface area contributed by atoms with Gasteiger partial charge in [0.15, 0.2) is 0 Å². The maximum atomic E-state index is 11.8. The van der Waals surface area contributed by atoms with Crippen molar-refractivity contribution >= 4 is 5.97 Å². The van der Waals surface area contributed by atoms with Gasteiger partial charge in [-0.3, -0.25) is 4.79 Å². The Balaban J connectivity index is 2.20. The minimum Gasteiger partial charge on any atom is -0.464 e. The molecule has 1 N–H and O–H groups in total. The maximum absolute atomic E-state index is 11.8. The van der Waals surface area contributed by atoms with E-state index in [4.69, 9.17) is 4.74 Å². The van der Waals surface area contributed by atoms with Crippen LogP contribution in [0.3, 0.4) is 0 Å². The van der Waals surface area contributed by atoms with Gasteiger partial charge in [0, 0.05) is 0 Å². The Labute approximate surface area is 105 Å². The maximum Gasteiger partial charge on any atom is 0.323 e. The Bertz CT molecular complexity index is 212. The molecule has 3 nitrogen and oxygen atoms in total. The fraction of sp³-hybridized carbons (Fsp3) is 0.929. The summed E-state index contributed by atoms with van der Waals surface area (Å²) in [6.45, 7) is 5.93. The largest absolute Gasteiger partial charge is 0.464 e. The smallest absolute Gasteiger partial charge is 0.323 e. The van der Waals surface area contributed by atoms with E-state index in [0.717, 1.165) is 25.8 Å². The van der Waals surface area contributed by atoms with Crippen LogP contribution in [0.1, 0.15) is 58.8 Å². The molecule has 0 saturated carbocycles. The van der Waals surface area contributed by atoms with Crippen LogP contribution in [0.4, 0.5) is 0 Å². The lowest BCUT2D eigenvalue weighted by molar-refractivity contribution is -0.148. The number of carbonyl (C=O) groups is 1. The monoisotopic (exact) mass is 241 g/mol. The number of nitrogens with one attached hydrogen (secondary N) is 1. The van der Waals surface area contributed by atoms with Crippen molar-refractivity contribution in [3.63, 3.8) is 0 Å². The van der Waals surface area contributed by atoms with Crippen molar-refractivity contribution in [2.75, 3.05) is 13.2 Å². The van der Waals surface area contributed by atoms with Gasteiger partial charge in [0.2, 0.25) is 0 Å². The van der Waals surface area contributed by atoms with E-state index in [9.17, 15) is 4.79 Å². The fourth-order valence-corrected chi connectivity index (χ4v) is 2.25. The van der Waals surface area contributed by atoms with Crippen LogP contribution in [0, 0.1) is 5.92 Å². The molecule has 17 heavy (non-hydrogen) atoms. The Morgan fingerprint density at radius 3 is 2.82 bits per heavy atom. The number of ether oxygens (including phenoxy) is 1. The van der Waals surface area contributed by atoms with Crippen LogP contribution in [-0.4, -0.2) is 25.2 Å². The van der Waals surface area contributed by atoms with Crippen LogP contribution >= 0.6 is 0 Å². The molecule has 3 heteroatoms. The summed E-state index contributed by atoms with van der Waals surface area (Å²) >= 11 is 0. The lowest BCUT2D eigenvalue weighted by Crippen LogP contribution is -2.41. The Morgan fingerprint density at radius 2 is 2.24 bits per heavy atom. The fourth-order valence-electron chi connectivity index (χ4n) is 2.25. The molecule has 0 radical (unpaired) electrons. The molecule has 1 aliphatic rings. The van der Waals surface area contributed by atoms with Crippen molar-refractivity contribution in [2.24, 2.45) is 5.92 Å². The van der Waals surface area contributed by atoms with Crippen LogP contribution in [0.25, 0.3) is 0 Å². The summed E-state index contributed by atoms with van der Waals surface area (Å²) in [6, 6.07) is -0.0487. The van der Waals surface area contributed by atoms with Crippen LogP contribution in [0.5, 0.6) is 0 Å². The van der Waals surface area contributed by atoms with E-state index in [0.29, 0.717) is 12.5 Å². The van der Waals surface area contributed by atoms with E-state index in [1.165, 1.54) is 25.7 Å². The first-order valence-corrected chi connectivity index (χ1v) is 7.18. The standard InChI is InChI=1S/C14H27NO2/c1-3-5-8-12(4-2)11-17-14(16)13-9-6-7-10-15-13/h12-13,15H,3-11H2,1-2H3/t12?,13-/m0/s1. The van der Waals surface area contributed by atoms with Crippen LogP contribution in [-0.2, 0) is 9.53 Å². The van der Waals surface area contributed by atoms with Crippen molar-refractivity contribution in [1.29, 1.82) is 0 Å². The number of hydrogen-bond donors (Lipinski definition) is 1. The van der Waals surface area contributed by atoms with E-state index >= 15 is 0 Å². The molecule has 0 aliphatic carbocycles. The normalized spacial score (nSPS) is 22.1. The summed E-state index contributed by atoms with van der Waals surface area (Å²) in [6.07, 6.45) is 7.98. The van der Waals surface area contributed by atoms with Crippen molar-refractivity contribution in [1.82, 2.24) is 5.32 Å². The zero-order valence-corrected chi connectivity index (χ0v) is 11.3. The van der Waals surface area contributed by atoms with Gasteiger partial charge in [-0.05, 0) is 31.7 Å². The molecule has 0 aromatic heterocycles. The number of carbonyl (C=O) groups excluding carboxylic acids is 1. The number of rotatable bonds is 7. The third-order valence-corrected chi connectivity index (χ3v) is 3.60. The van der Waals surface area contributed by atoms with Crippen molar-refractivity contribution in [3.05, 3.63) is 0 Å². The molecule has 0 amide bonds. The lowest BCUT2D eigenvalue weighted by Gasteiger charge is -2.23. The quantitative estimate of drug-likeness (QED) is 0.697. The highest BCUT2D eigenvalue weighted by atomic mass is 16.5. The molecule has 0 aromatic rings. The molecule has 0 bridgehead atoms. The third kappa shape index (κ3) is 5.53. The topological polar surface area (TPSA) is 38.3 Å². The zero-order valence-electron chi connectivity index (χ0n) is 11.3. The minimum atomic E-state index is -0.0487. The molecule has 1 rings (SSSR count). The van der Waals surface area contributed by atoms with E-state index in [1.807, 2.05) is 0 Å². The molecular formula is C14H27NO2. The average molecular weight is 241 g/mol. The highest BCUT2D eigenvalue weighted by Crippen LogP contribution is 2.14. The predicted molar refractivity (Wildman–Crippen MR) is 69.9 cm³/mol. The summed E-state index contributed by atoms with van der Waals surface area (Å²) in [7, 11) is 0. The SMILES string of the molecule is CCCCC(CC)COC(=O)[C@@H]1CCCCN1. The van der Waals surface area contributed by atoms with E-state index in [2.05, 4.69) is 19.2 Å². The summed E-state index contributed by atoms with van der Waals surface area (Å²) in [4.78, 5) is 11.8. The Hall–Kier alpha value is -0.570. The minimum absolute atomic E-state index is 0.0420.